The van der Waals surface area contributed by atoms with Gasteiger partial charge in [0.15, 0.2) is 0 Å². The van der Waals surface area contributed by atoms with Crippen molar-refractivity contribution >= 4 is 17.3 Å². The Bertz CT molecular complexity index is 611. The molecule has 0 unspecified atom stereocenters. The molecule has 4 nitrogen and oxygen atoms in total. The molecule has 0 bridgehead atoms. The largest absolute Gasteiger partial charge is 0.385 e. The van der Waals surface area contributed by atoms with Crippen molar-refractivity contribution in [3.63, 3.8) is 0 Å². The molecule has 0 radical (unpaired) electrons. The Morgan fingerprint density at radius 3 is 2.71 bits per heavy atom. The van der Waals surface area contributed by atoms with E-state index < -0.39 is 0 Å². The van der Waals surface area contributed by atoms with Gasteiger partial charge in [-0.3, -0.25) is 4.79 Å². The van der Waals surface area contributed by atoms with Gasteiger partial charge in [-0.1, -0.05) is 24.3 Å². The van der Waals surface area contributed by atoms with Crippen LogP contribution in [-0.4, -0.2) is 19.6 Å². The van der Waals surface area contributed by atoms with Crippen molar-refractivity contribution in [2.75, 3.05) is 24.3 Å². The van der Waals surface area contributed by atoms with Crippen LogP contribution in [0.1, 0.15) is 22.8 Å². The van der Waals surface area contributed by atoms with E-state index in [1.54, 1.807) is 7.11 Å². The summed E-state index contributed by atoms with van der Waals surface area (Å²) in [6.45, 7) is 3.30. The maximum Gasteiger partial charge on any atom is 0.257 e. The van der Waals surface area contributed by atoms with Crippen molar-refractivity contribution in [1.29, 1.82) is 0 Å². The molecule has 0 atom stereocenters. The van der Waals surface area contributed by atoms with E-state index in [4.69, 9.17) is 4.74 Å². The molecule has 0 saturated carbocycles. The zero-order valence-electron chi connectivity index (χ0n) is 12.3. The second-order valence-electron chi connectivity index (χ2n) is 4.66. The second-order valence-corrected chi connectivity index (χ2v) is 4.66. The average molecular weight is 284 g/mol. The molecule has 21 heavy (non-hydrogen) atoms. The Morgan fingerprint density at radius 1 is 1.14 bits per heavy atom. The summed E-state index contributed by atoms with van der Waals surface area (Å²) in [5.74, 6) is -0.124. The SMILES string of the molecule is CCNc1ccccc1C(=O)Nc1cccc(COC)c1. The Labute approximate surface area is 125 Å². The fraction of sp³-hybridized carbons (Fsp3) is 0.235. The molecule has 110 valence electrons. The first-order valence-electron chi connectivity index (χ1n) is 6.96. The Morgan fingerprint density at radius 2 is 1.95 bits per heavy atom. The fourth-order valence-corrected chi connectivity index (χ4v) is 2.13. The predicted molar refractivity (Wildman–Crippen MR) is 85.7 cm³/mol. The van der Waals surface area contributed by atoms with Gasteiger partial charge in [0.2, 0.25) is 0 Å². The fourth-order valence-electron chi connectivity index (χ4n) is 2.13. The van der Waals surface area contributed by atoms with E-state index in [0.29, 0.717) is 12.2 Å². The third-order valence-electron chi connectivity index (χ3n) is 3.03. The summed E-state index contributed by atoms with van der Waals surface area (Å²) in [5.41, 5.74) is 3.26. The molecular weight excluding hydrogens is 264 g/mol. The first-order valence-corrected chi connectivity index (χ1v) is 6.96. The maximum absolute atomic E-state index is 12.4. The molecule has 0 fully saturated rings. The Balaban J connectivity index is 2.16. The topological polar surface area (TPSA) is 50.4 Å². The minimum absolute atomic E-state index is 0.124. The van der Waals surface area contributed by atoms with E-state index in [0.717, 1.165) is 23.5 Å². The lowest BCUT2D eigenvalue weighted by Gasteiger charge is -2.11. The van der Waals surface area contributed by atoms with Crippen LogP contribution in [0.2, 0.25) is 0 Å². The summed E-state index contributed by atoms with van der Waals surface area (Å²) in [4.78, 5) is 12.4. The van der Waals surface area contributed by atoms with Crippen LogP contribution < -0.4 is 10.6 Å². The molecule has 2 N–H and O–H groups in total. The summed E-state index contributed by atoms with van der Waals surface area (Å²) in [6, 6.07) is 15.1. The number of methoxy groups -OCH3 is 1. The summed E-state index contributed by atoms with van der Waals surface area (Å²) in [7, 11) is 1.65. The van der Waals surface area contributed by atoms with Crippen molar-refractivity contribution in [3.05, 3.63) is 59.7 Å². The third-order valence-corrected chi connectivity index (χ3v) is 3.03. The number of carbonyl (C=O) groups is 1. The van der Waals surface area contributed by atoms with Crippen LogP contribution in [-0.2, 0) is 11.3 Å². The lowest BCUT2D eigenvalue weighted by Crippen LogP contribution is -2.14. The van der Waals surface area contributed by atoms with Gasteiger partial charge in [0.05, 0.1) is 12.2 Å². The highest BCUT2D eigenvalue weighted by molar-refractivity contribution is 6.08. The third kappa shape index (κ3) is 4.07. The molecule has 0 saturated heterocycles. The molecule has 0 spiro atoms. The molecule has 0 aromatic heterocycles. The summed E-state index contributed by atoms with van der Waals surface area (Å²) < 4.78 is 5.10. The van der Waals surface area contributed by atoms with Crippen LogP contribution in [0.5, 0.6) is 0 Å². The van der Waals surface area contributed by atoms with Gasteiger partial charge in [-0.05, 0) is 36.8 Å². The standard InChI is InChI=1S/C17H20N2O2/c1-3-18-16-10-5-4-9-15(16)17(20)19-14-8-6-7-13(11-14)12-21-2/h4-11,18H,3,12H2,1-2H3,(H,19,20). The van der Waals surface area contributed by atoms with Crippen LogP contribution in [0.15, 0.2) is 48.5 Å². The van der Waals surface area contributed by atoms with E-state index in [1.807, 2.05) is 55.5 Å². The molecule has 0 aliphatic heterocycles. The van der Waals surface area contributed by atoms with Crippen LogP contribution >= 0.6 is 0 Å². The van der Waals surface area contributed by atoms with E-state index in [9.17, 15) is 4.79 Å². The van der Waals surface area contributed by atoms with E-state index in [1.165, 1.54) is 0 Å². The highest BCUT2D eigenvalue weighted by atomic mass is 16.5. The van der Waals surface area contributed by atoms with Gasteiger partial charge >= 0.3 is 0 Å². The van der Waals surface area contributed by atoms with Crippen LogP contribution in [0.4, 0.5) is 11.4 Å². The van der Waals surface area contributed by atoms with Crippen molar-refractivity contribution < 1.29 is 9.53 Å². The zero-order valence-corrected chi connectivity index (χ0v) is 12.3. The number of rotatable bonds is 6. The Hall–Kier alpha value is -2.33. The predicted octanol–water partition coefficient (Wildman–Crippen LogP) is 3.52. The van der Waals surface area contributed by atoms with Gasteiger partial charge < -0.3 is 15.4 Å². The highest BCUT2D eigenvalue weighted by Gasteiger charge is 2.10. The minimum Gasteiger partial charge on any atom is -0.385 e. The number of hydrogen-bond donors (Lipinski definition) is 2. The first-order chi connectivity index (χ1) is 10.2. The number of amides is 1. The van der Waals surface area contributed by atoms with E-state index in [2.05, 4.69) is 10.6 Å². The monoisotopic (exact) mass is 284 g/mol. The molecule has 0 aliphatic rings. The molecular formula is C17H20N2O2. The van der Waals surface area contributed by atoms with Crippen LogP contribution in [0, 0.1) is 0 Å². The number of ether oxygens (including phenoxy) is 1. The summed E-state index contributed by atoms with van der Waals surface area (Å²) in [6.07, 6.45) is 0. The molecule has 0 heterocycles. The second kappa shape index (κ2) is 7.45. The average Bonchev–Trinajstić information content (AvgIpc) is 2.49. The van der Waals surface area contributed by atoms with E-state index in [-0.39, 0.29) is 5.91 Å². The summed E-state index contributed by atoms with van der Waals surface area (Å²) >= 11 is 0. The van der Waals surface area contributed by atoms with Crippen LogP contribution in [0.25, 0.3) is 0 Å². The van der Waals surface area contributed by atoms with Gasteiger partial charge in [0, 0.05) is 25.0 Å². The molecule has 0 aliphatic carbocycles. The first kappa shape index (κ1) is 15.1. The maximum atomic E-state index is 12.4. The molecule has 2 aromatic carbocycles. The number of para-hydroxylation sites is 1. The van der Waals surface area contributed by atoms with Crippen molar-refractivity contribution in [2.24, 2.45) is 0 Å². The highest BCUT2D eigenvalue weighted by Crippen LogP contribution is 2.18. The molecule has 2 rings (SSSR count). The number of nitrogens with one attached hydrogen (secondary N) is 2. The van der Waals surface area contributed by atoms with Gasteiger partial charge in [-0.25, -0.2) is 0 Å². The molecule has 1 amide bonds. The van der Waals surface area contributed by atoms with Gasteiger partial charge in [0.25, 0.3) is 5.91 Å². The quantitative estimate of drug-likeness (QED) is 0.853. The lowest BCUT2D eigenvalue weighted by molar-refractivity contribution is 0.102. The number of hydrogen-bond acceptors (Lipinski definition) is 3. The number of anilines is 2. The van der Waals surface area contributed by atoms with Gasteiger partial charge in [-0.15, -0.1) is 0 Å². The van der Waals surface area contributed by atoms with E-state index >= 15 is 0 Å². The van der Waals surface area contributed by atoms with Crippen molar-refractivity contribution in [1.82, 2.24) is 0 Å². The van der Waals surface area contributed by atoms with Gasteiger partial charge in [-0.2, -0.15) is 0 Å². The summed E-state index contributed by atoms with van der Waals surface area (Å²) in [5, 5.41) is 6.11. The molecule has 2 aromatic rings. The number of benzene rings is 2. The smallest absolute Gasteiger partial charge is 0.257 e. The van der Waals surface area contributed by atoms with Crippen LogP contribution in [0.3, 0.4) is 0 Å². The Kier molecular flexibility index (Phi) is 5.35. The molecule has 4 heteroatoms. The normalized spacial score (nSPS) is 10.2. The lowest BCUT2D eigenvalue weighted by atomic mass is 10.1. The van der Waals surface area contributed by atoms with Gasteiger partial charge in [0.1, 0.15) is 0 Å². The zero-order chi connectivity index (χ0) is 15.1. The van der Waals surface area contributed by atoms with Crippen molar-refractivity contribution in [3.8, 4) is 0 Å². The number of carbonyl (C=O) groups excluding carboxylic acids is 1. The minimum atomic E-state index is -0.124. The van der Waals surface area contributed by atoms with Crippen molar-refractivity contribution in [2.45, 2.75) is 13.5 Å².